The van der Waals surface area contributed by atoms with Crippen molar-refractivity contribution in [2.45, 2.75) is 97.3 Å². The summed E-state index contributed by atoms with van der Waals surface area (Å²) in [6.07, 6.45) is 14.6. The molecule has 0 atom stereocenters. The monoisotopic (exact) mass is 376 g/mol. The van der Waals surface area contributed by atoms with Gasteiger partial charge in [-0.1, -0.05) is 84.1 Å². The van der Waals surface area contributed by atoms with Gasteiger partial charge in [0.2, 0.25) is 0 Å². The minimum Gasteiger partial charge on any atom is -0.478 e. The number of aryl methyl sites for hydroxylation is 1. The van der Waals surface area contributed by atoms with E-state index in [1.807, 2.05) is 0 Å². The summed E-state index contributed by atoms with van der Waals surface area (Å²) in [5.41, 5.74) is 1.61. The van der Waals surface area contributed by atoms with Crippen LogP contribution in [0.25, 0.3) is 0 Å². The highest BCUT2D eigenvalue weighted by molar-refractivity contribution is 6.03. The fourth-order valence-corrected chi connectivity index (χ4v) is 3.69. The molecule has 2 N–H and O–H groups in total. The summed E-state index contributed by atoms with van der Waals surface area (Å²) in [6.45, 7) is 4.28. The lowest BCUT2D eigenvalue weighted by Crippen LogP contribution is -2.14. The Bertz CT molecular complexity index is 592. The van der Waals surface area contributed by atoms with Crippen LogP contribution in [0.4, 0.5) is 0 Å². The molecule has 152 valence electrons. The molecule has 27 heavy (non-hydrogen) atoms. The molecule has 0 spiro atoms. The minimum absolute atomic E-state index is 0.00984. The zero-order valence-corrected chi connectivity index (χ0v) is 17.1. The first kappa shape index (κ1) is 23.2. The highest BCUT2D eigenvalue weighted by Gasteiger charge is 2.22. The maximum atomic E-state index is 11.7. The molecule has 4 nitrogen and oxygen atoms in total. The van der Waals surface area contributed by atoms with Crippen LogP contribution in [-0.2, 0) is 12.8 Å². The van der Waals surface area contributed by atoms with E-state index in [1.54, 1.807) is 6.07 Å². The van der Waals surface area contributed by atoms with Crippen molar-refractivity contribution < 1.29 is 19.8 Å². The molecule has 1 rings (SSSR count). The quantitative estimate of drug-likeness (QED) is 0.343. The van der Waals surface area contributed by atoms with Gasteiger partial charge in [-0.05, 0) is 36.5 Å². The Kier molecular flexibility index (Phi) is 11.5. The first-order valence-electron chi connectivity index (χ1n) is 10.6. The molecule has 0 fully saturated rings. The number of benzene rings is 1. The average molecular weight is 377 g/mol. The van der Waals surface area contributed by atoms with Crippen LogP contribution in [0.2, 0.25) is 0 Å². The summed E-state index contributed by atoms with van der Waals surface area (Å²) >= 11 is 0. The second-order valence-electron chi connectivity index (χ2n) is 7.42. The predicted molar refractivity (Wildman–Crippen MR) is 110 cm³/mol. The predicted octanol–water partition coefficient (Wildman–Crippen LogP) is 6.50. The largest absolute Gasteiger partial charge is 0.478 e. The average Bonchev–Trinajstić information content (AvgIpc) is 2.63. The van der Waals surface area contributed by atoms with E-state index in [9.17, 15) is 19.8 Å². The highest BCUT2D eigenvalue weighted by atomic mass is 16.4. The van der Waals surface area contributed by atoms with Gasteiger partial charge in [-0.3, -0.25) is 0 Å². The molecule has 0 amide bonds. The molecular weight excluding hydrogens is 340 g/mol. The number of aromatic carboxylic acids is 2. The fourth-order valence-electron chi connectivity index (χ4n) is 3.69. The molecule has 0 saturated carbocycles. The SMILES string of the molecule is CCCCCCCCCCCCc1c(CCC)ccc(C(=O)O)c1C(=O)O. The molecule has 0 aromatic heterocycles. The van der Waals surface area contributed by atoms with E-state index >= 15 is 0 Å². The van der Waals surface area contributed by atoms with E-state index < -0.39 is 11.9 Å². The smallest absolute Gasteiger partial charge is 0.336 e. The highest BCUT2D eigenvalue weighted by Crippen LogP contribution is 2.24. The molecule has 0 saturated heterocycles. The first-order valence-corrected chi connectivity index (χ1v) is 10.6. The van der Waals surface area contributed by atoms with Crippen LogP contribution < -0.4 is 0 Å². The van der Waals surface area contributed by atoms with Crippen LogP contribution in [-0.4, -0.2) is 22.2 Å². The van der Waals surface area contributed by atoms with Gasteiger partial charge in [-0.25, -0.2) is 9.59 Å². The Labute approximate surface area is 164 Å². The van der Waals surface area contributed by atoms with Crippen molar-refractivity contribution >= 4 is 11.9 Å². The lowest BCUT2D eigenvalue weighted by molar-refractivity contribution is 0.0650. The normalized spacial score (nSPS) is 10.9. The topological polar surface area (TPSA) is 74.6 Å². The second-order valence-corrected chi connectivity index (χ2v) is 7.42. The molecule has 4 heteroatoms. The van der Waals surface area contributed by atoms with Crippen molar-refractivity contribution in [3.63, 3.8) is 0 Å². The van der Waals surface area contributed by atoms with Crippen LogP contribution in [0.1, 0.15) is 116 Å². The fraction of sp³-hybridized carbons (Fsp3) is 0.652. The standard InChI is InChI=1S/C23H36O4/c1-3-5-6-7-8-9-10-11-12-13-15-19-18(14-4-2)16-17-20(22(24)25)21(19)23(26)27/h16-17H,3-15H2,1-2H3,(H,24,25)(H,26,27). The van der Waals surface area contributed by atoms with Crippen molar-refractivity contribution in [3.05, 3.63) is 34.4 Å². The van der Waals surface area contributed by atoms with Crippen molar-refractivity contribution in [1.29, 1.82) is 0 Å². The van der Waals surface area contributed by atoms with Crippen LogP contribution >= 0.6 is 0 Å². The van der Waals surface area contributed by atoms with Gasteiger partial charge in [-0.15, -0.1) is 0 Å². The zero-order chi connectivity index (χ0) is 20.1. The Hall–Kier alpha value is -1.84. The maximum Gasteiger partial charge on any atom is 0.336 e. The molecule has 0 aliphatic carbocycles. The summed E-state index contributed by atoms with van der Waals surface area (Å²) in [6, 6.07) is 3.24. The van der Waals surface area contributed by atoms with Crippen LogP contribution in [0.5, 0.6) is 0 Å². The van der Waals surface area contributed by atoms with Gasteiger partial charge in [-0.2, -0.15) is 0 Å². The summed E-state index contributed by atoms with van der Waals surface area (Å²) in [4.78, 5) is 23.1. The van der Waals surface area contributed by atoms with E-state index in [2.05, 4.69) is 13.8 Å². The summed E-state index contributed by atoms with van der Waals surface area (Å²) in [5, 5.41) is 18.9. The van der Waals surface area contributed by atoms with E-state index in [1.165, 1.54) is 51.0 Å². The number of unbranched alkanes of at least 4 members (excludes halogenated alkanes) is 9. The third-order valence-corrected chi connectivity index (χ3v) is 5.15. The summed E-state index contributed by atoms with van der Waals surface area (Å²) < 4.78 is 0. The van der Waals surface area contributed by atoms with Crippen molar-refractivity contribution in [2.24, 2.45) is 0 Å². The lowest BCUT2D eigenvalue weighted by atomic mass is 9.90. The van der Waals surface area contributed by atoms with Gasteiger partial charge in [0.25, 0.3) is 0 Å². The number of carboxylic acids is 2. The van der Waals surface area contributed by atoms with Gasteiger partial charge in [0, 0.05) is 0 Å². The zero-order valence-electron chi connectivity index (χ0n) is 17.1. The third-order valence-electron chi connectivity index (χ3n) is 5.15. The molecular formula is C23H36O4. The van der Waals surface area contributed by atoms with Crippen molar-refractivity contribution in [1.82, 2.24) is 0 Å². The first-order chi connectivity index (χ1) is 13.0. The number of hydrogen-bond donors (Lipinski definition) is 2. The molecule has 0 radical (unpaired) electrons. The van der Waals surface area contributed by atoms with Crippen LogP contribution in [0, 0.1) is 0 Å². The van der Waals surface area contributed by atoms with Crippen molar-refractivity contribution in [2.75, 3.05) is 0 Å². The Morgan fingerprint density at radius 1 is 0.704 bits per heavy atom. The molecule has 0 aliphatic heterocycles. The van der Waals surface area contributed by atoms with Gasteiger partial charge in [0.15, 0.2) is 0 Å². The van der Waals surface area contributed by atoms with E-state index in [0.29, 0.717) is 6.42 Å². The number of rotatable bonds is 15. The van der Waals surface area contributed by atoms with Crippen LogP contribution in [0.15, 0.2) is 12.1 Å². The number of carbonyl (C=O) groups is 2. The summed E-state index contributed by atoms with van der Waals surface area (Å²) in [7, 11) is 0. The van der Waals surface area contributed by atoms with E-state index in [4.69, 9.17) is 0 Å². The molecule has 0 aliphatic rings. The number of carboxylic acid groups (broad SMARTS) is 2. The van der Waals surface area contributed by atoms with Gasteiger partial charge in [0.1, 0.15) is 0 Å². The minimum atomic E-state index is -1.17. The molecule has 0 bridgehead atoms. The molecule has 1 aromatic rings. The van der Waals surface area contributed by atoms with Gasteiger partial charge in [0.05, 0.1) is 11.1 Å². The summed E-state index contributed by atoms with van der Waals surface area (Å²) in [5.74, 6) is -2.30. The Balaban J connectivity index is 2.58. The number of hydrogen-bond acceptors (Lipinski definition) is 2. The van der Waals surface area contributed by atoms with Crippen LogP contribution in [0.3, 0.4) is 0 Å². The third kappa shape index (κ3) is 8.15. The van der Waals surface area contributed by atoms with Gasteiger partial charge < -0.3 is 10.2 Å². The maximum absolute atomic E-state index is 11.7. The lowest BCUT2D eigenvalue weighted by Gasteiger charge is -2.15. The molecule has 0 unspecified atom stereocenters. The van der Waals surface area contributed by atoms with Crippen molar-refractivity contribution in [3.8, 4) is 0 Å². The van der Waals surface area contributed by atoms with Gasteiger partial charge >= 0.3 is 11.9 Å². The molecule has 1 aromatic carbocycles. The molecule has 0 heterocycles. The second kappa shape index (κ2) is 13.3. The van der Waals surface area contributed by atoms with E-state index in [0.717, 1.165) is 43.2 Å². The Morgan fingerprint density at radius 2 is 1.26 bits per heavy atom. The van der Waals surface area contributed by atoms with E-state index in [-0.39, 0.29) is 11.1 Å². The Morgan fingerprint density at radius 3 is 1.74 bits per heavy atom.